The van der Waals surface area contributed by atoms with Crippen LogP contribution >= 0.6 is 0 Å². The van der Waals surface area contributed by atoms with E-state index in [1.807, 2.05) is 25.1 Å². The molecule has 0 saturated heterocycles. The number of hydrogen-bond donors (Lipinski definition) is 2. The standard InChI is InChI=1S/C19H22N2O2/c1-14(20-13-12-16-6-4-3-5-7-16)19(23)21-18-10-8-17(9-11-18)15(2)22/h3-11,14,20H,12-13H2,1-2H3,(H,21,23). The molecule has 0 aliphatic heterocycles. The minimum atomic E-state index is -0.286. The number of anilines is 1. The third-order valence-electron chi connectivity index (χ3n) is 3.66. The van der Waals surface area contributed by atoms with Gasteiger partial charge < -0.3 is 10.6 Å². The highest BCUT2D eigenvalue weighted by atomic mass is 16.2. The van der Waals surface area contributed by atoms with Gasteiger partial charge in [0.15, 0.2) is 5.78 Å². The van der Waals surface area contributed by atoms with E-state index in [9.17, 15) is 9.59 Å². The summed E-state index contributed by atoms with van der Waals surface area (Å²) < 4.78 is 0. The normalized spacial score (nSPS) is 11.7. The number of ketones is 1. The Balaban J connectivity index is 1.79. The number of rotatable bonds is 7. The van der Waals surface area contributed by atoms with Crippen molar-refractivity contribution in [2.24, 2.45) is 0 Å². The van der Waals surface area contributed by atoms with E-state index in [2.05, 4.69) is 22.8 Å². The minimum absolute atomic E-state index is 0.0128. The smallest absolute Gasteiger partial charge is 0.241 e. The fourth-order valence-electron chi connectivity index (χ4n) is 2.21. The second kappa shape index (κ2) is 8.25. The molecule has 23 heavy (non-hydrogen) atoms. The summed E-state index contributed by atoms with van der Waals surface area (Å²) in [6.45, 7) is 4.10. The summed E-state index contributed by atoms with van der Waals surface area (Å²) >= 11 is 0. The highest BCUT2D eigenvalue weighted by molar-refractivity contribution is 5.96. The van der Waals surface area contributed by atoms with E-state index in [-0.39, 0.29) is 17.7 Å². The van der Waals surface area contributed by atoms with Gasteiger partial charge >= 0.3 is 0 Å². The van der Waals surface area contributed by atoms with E-state index in [0.29, 0.717) is 11.3 Å². The molecule has 0 bridgehead atoms. The molecule has 0 radical (unpaired) electrons. The monoisotopic (exact) mass is 310 g/mol. The summed E-state index contributed by atoms with van der Waals surface area (Å²) in [5.41, 5.74) is 2.57. The van der Waals surface area contributed by atoms with E-state index >= 15 is 0 Å². The second-order valence-corrected chi connectivity index (χ2v) is 5.53. The van der Waals surface area contributed by atoms with Crippen LogP contribution in [-0.4, -0.2) is 24.3 Å². The maximum Gasteiger partial charge on any atom is 0.241 e. The number of hydrogen-bond acceptors (Lipinski definition) is 3. The van der Waals surface area contributed by atoms with Crippen LogP contribution in [0, 0.1) is 0 Å². The summed E-state index contributed by atoms with van der Waals surface area (Å²) in [4.78, 5) is 23.4. The van der Waals surface area contributed by atoms with E-state index in [1.54, 1.807) is 24.3 Å². The molecule has 0 aliphatic rings. The molecule has 0 fully saturated rings. The van der Waals surface area contributed by atoms with Crippen LogP contribution in [-0.2, 0) is 11.2 Å². The van der Waals surface area contributed by atoms with Crippen molar-refractivity contribution in [2.45, 2.75) is 26.3 Å². The lowest BCUT2D eigenvalue weighted by atomic mass is 10.1. The molecule has 4 nitrogen and oxygen atoms in total. The molecule has 2 rings (SSSR count). The van der Waals surface area contributed by atoms with Gasteiger partial charge in [-0.3, -0.25) is 9.59 Å². The van der Waals surface area contributed by atoms with E-state index in [1.165, 1.54) is 12.5 Å². The van der Waals surface area contributed by atoms with Gasteiger partial charge in [-0.2, -0.15) is 0 Å². The zero-order chi connectivity index (χ0) is 16.7. The quantitative estimate of drug-likeness (QED) is 0.773. The fraction of sp³-hybridized carbons (Fsp3) is 0.263. The summed E-state index contributed by atoms with van der Waals surface area (Å²) in [5, 5.41) is 6.06. The molecule has 0 saturated carbocycles. The predicted octanol–water partition coefficient (Wildman–Crippen LogP) is 3.05. The van der Waals surface area contributed by atoms with Gasteiger partial charge in [0, 0.05) is 11.3 Å². The first kappa shape index (κ1) is 16.9. The average Bonchev–Trinajstić information content (AvgIpc) is 2.56. The molecule has 2 aromatic rings. The number of Topliss-reactive ketones (excluding diaryl/α,β-unsaturated/α-hetero) is 1. The zero-order valence-electron chi connectivity index (χ0n) is 13.5. The highest BCUT2D eigenvalue weighted by Gasteiger charge is 2.12. The number of amides is 1. The average molecular weight is 310 g/mol. The van der Waals surface area contributed by atoms with E-state index in [4.69, 9.17) is 0 Å². The summed E-state index contributed by atoms with van der Waals surface area (Å²) in [6.07, 6.45) is 0.881. The Hall–Kier alpha value is -2.46. The van der Waals surface area contributed by atoms with Crippen molar-refractivity contribution in [3.8, 4) is 0 Å². The third-order valence-corrected chi connectivity index (χ3v) is 3.66. The SMILES string of the molecule is CC(=O)c1ccc(NC(=O)C(C)NCCc2ccccc2)cc1. The molecular formula is C19H22N2O2. The molecule has 2 aromatic carbocycles. The van der Waals surface area contributed by atoms with Crippen LogP contribution in [0.2, 0.25) is 0 Å². The van der Waals surface area contributed by atoms with Gasteiger partial charge in [0.05, 0.1) is 6.04 Å². The van der Waals surface area contributed by atoms with Crippen molar-refractivity contribution in [3.05, 3.63) is 65.7 Å². The number of carbonyl (C=O) groups excluding carboxylic acids is 2. The van der Waals surface area contributed by atoms with Crippen LogP contribution in [0.5, 0.6) is 0 Å². The predicted molar refractivity (Wildman–Crippen MR) is 92.7 cm³/mol. The van der Waals surface area contributed by atoms with Crippen molar-refractivity contribution < 1.29 is 9.59 Å². The first-order valence-corrected chi connectivity index (χ1v) is 7.75. The van der Waals surface area contributed by atoms with Gasteiger partial charge in [-0.15, -0.1) is 0 Å². The molecule has 2 N–H and O–H groups in total. The van der Waals surface area contributed by atoms with Crippen molar-refractivity contribution in [2.75, 3.05) is 11.9 Å². The Morgan fingerprint density at radius 2 is 1.65 bits per heavy atom. The molecule has 0 heterocycles. The molecule has 1 amide bonds. The van der Waals surface area contributed by atoms with Crippen LogP contribution in [0.4, 0.5) is 5.69 Å². The van der Waals surface area contributed by atoms with Crippen molar-refractivity contribution in [3.63, 3.8) is 0 Å². The maximum atomic E-state index is 12.1. The van der Waals surface area contributed by atoms with Gasteiger partial charge in [-0.05, 0) is 56.6 Å². The summed E-state index contributed by atoms with van der Waals surface area (Å²) in [5.74, 6) is -0.0764. The first-order chi connectivity index (χ1) is 11.1. The van der Waals surface area contributed by atoms with Crippen LogP contribution < -0.4 is 10.6 Å². The third kappa shape index (κ3) is 5.34. The van der Waals surface area contributed by atoms with Crippen LogP contribution in [0.15, 0.2) is 54.6 Å². The number of carbonyl (C=O) groups is 2. The molecule has 1 atom stereocenters. The Kier molecular flexibility index (Phi) is 6.06. The van der Waals surface area contributed by atoms with Gasteiger partial charge in [0.25, 0.3) is 0 Å². The Morgan fingerprint density at radius 1 is 1.00 bits per heavy atom. The maximum absolute atomic E-state index is 12.1. The zero-order valence-corrected chi connectivity index (χ0v) is 13.5. The van der Waals surface area contributed by atoms with Gasteiger partial charge in [0.1, 0.15) is 0 Å². The molecule has 0 spiro atoms. The Bertz CT molecular complexity index is 651. The van der Waals surface area contributed by atoms with Crippen LogP contribution in [0.25, 0.3) is 0 Å². The molecule has 4 heteroatoms. The fourth-order valence-corrected chi connectivity index (χ4v) is 2.21. The van der Waals surface area contributed by atoms with Crippen LogP contribution in [0.3, 0.4) is 0 Å². The molecule has 120 valence electrons. The number of benzene rings is 2. The van der Waals surface area contributed by atoms with Crippen molar-refractivity contribution in [1.82, 2.24) is 5.32 Å². The molecule has 1 unspecified atom stereocenters. The van der Waals surface area contributed by atoms with Gasteiger partial charge in [-0.1, -0.05) is 30.3 Å². The van der Waals surface area contributed by atoms with E-state index in [0.717, 1.165) is 13.0 Å². The minimum Gasteiger partial charge on any atom is -0.325 e. The molecule has 0 aromatic heterocycles. The van der Waals surface area contributed by atoms with E-state index < -0.39 is 0 Å². The lowest BCUT2D eigenvalue weighted by Crippen LogP contribution is -2.39. The number of nitrogens with one attached hydrogen (secondary N) is 2. The largest absolute Gasteiger partial charge is 0.325 e. The molecule has 0 aliphatic carbocycles. The molecular weight excluding hydrogens is 288 g/mol. The second-order valence-electron chi connectivity index (χ2n) is 5.53. The Labute approximate surface area is 136 Å². The van der Waals surface area contributed by atoms with Gasteiger partial charge in [-0.25, -0.2) is 0 Å². The Morgan fingerprint density at radius 3 is 2.26 bits per heavy atom. The van der Waals surface area contributed by atoms with Crippen LogP contribution in [0.1, 0.15) is 29.8 Å². The van der Waals surface area contributed by atoms with Crippen molar-refractivity contribution >= 4 is 17.4 Å². The summed E-state index contributed by atoms with van der Waals surface area (Å²) in [7, 11) is 0. The lowest BCUT2D eigenvalue weighted by Gasteiger charge is -2.14. The first-order valence-electron chi connectivity index (χ1n) is 7.75. The van der Waals surface area contributed by atoms with Gasteiger partial charge in [0.2, 0.25) is 5.91 Å². The highest BCUT2D eigenvalue weighted by Crippen LogP contribution is 2.10. The van der Waals surface area contributed by atoms with Crippen molar-refractivity contribution in [1.29, 1.82) is 0 Å². The summed E-state index contributed by atoms with van der Waals surface area (Å²) in [6, 6.07) is 16.8. The lowest BCUT2D eigenvalue weighted by molar-refractivity contribution is -0.117. The topological polar surface area (TPSA) is 58.2 Å².